The van der Waals surface area contributed by atoms with Gasteiger partial charge in [-0.15, -0.1) is 0 Å². The first-order chi connectivity index (χ1) is 11.2. The van der Waals surface area contributed by atoms with Gasteiger partial charge >= 0.3 is 0 Å². The van der Waals surface area contributed by atoms with Gasteiger partial charge in [-0.2, -0.15) is 0 Å². The highest BCUT2D eigenvalue weighted by Crippen LogP contribution is 2.27. The number of aromatic nitrogens is 3. The molecule has 2 heterocycles. The van der Waals surface area contributed by atoms with E-state index in [2.05, 4.69) is 15.0 Å². The number of hydrogen-bond donors (Lipinski definition) is 2. The highest BCUT2D eigenvalue weighted by molar-refractivity contribution is 5.72. The van der Waals surface area contributed by atoms with Crippen molar-refractivity contribution in [3.05, 3.63) is 48.8 Å². The summed E-state index contributed by atoms with van der Waals surface area (Å²) in [6.45, 7) is 0. The maximum atomic E-state index is 5.88. The molecule has 4 N–H and O–H groups in total. The molecule has 0 aliphatic carbocycles. The summed E-state index contributed by atoms with van der Waals surface area (Å²) in [5.41, 5.74) is 12.8. The van der Waals surface area contributed by atoms with Crippen molar-refractivity contribution in [2.24, 2.45) is 0 Å². The molecule has 0 spiro atoms. The number of anilines is 2. The normalized spacial score (nSPS) is 10.3. The Kier molecular flexibility index (Phi) is 3.92. The number of methoxy groups -OCH3 is 1. The van der Waals surface area contributed by atoms with E-state index in [9.17, 15) is 0 Å². The zero-order chi connectivity index (χ0) is 16.2. The molecule has 3 aromatic rings. The summed E-state index contributed by atoms with van der Waals surface area (Å²) in [4.78, 5) is 12.3. The maximum Gasteiger partial charge on any atom is 0.222 e. The number of benzene rings is 1. The van der Waals surface area contributed by atoms with E-state index in [1.165, 1.54) is 6.33 Å². The lowest BCUT2D eigenvalue weighted by atomic mass is 10.2. The molecule has 23 heavy (non-hydrogen) atoms. The maximum absolute atomic E-state index is 5.88. The lowest BCUT2D eigenvalue weighted by Crippen LogP contribution is -1.99. The van der Waals surface area contributed by atoms with E-state index in [4.69, 9.17) is 20.9 Å². The van der Waals surface area contributed by atoms with Crippen LogP contribution in [0.15, 0.2) is 48.8 Å². The third kappa shape index (κ3) is 3.29. The first-order valence-electron chi connectivity index (χ1n) is 6.82. The predicted molar refractivity (Wildman–Crippen MR) is 87.2 cm³/mol. The Balaban J connectivity index is 1.87. The van der Waals surface area contributed by atoms with Crippen LogP contribution in [0.1, 0.15) is 0 Å². The van der Waals surface area contributed by atoms with E-state index in [0.717, 1.165) is 5.75 Å². The van der Waals surface area contributed by atoms with Gasteiger partial charge in [0, 0.05) is 11.6 Å². The van der Waals surface area contributed by atoms with Gasteiger partial charge < -0.3 is 20.9 Å². The Morgan fingerprint density at radius 3 is 2.35 bits per heavy atom. The molecule has 0 bridgehead atoms. The van der Waals surface area contributed by atoms with Gasteiger partial charge in [0.2, 0.25) is 5.88 Å². The molecular weight excluding hydrogens is 294 g/mol. The molecule has 2 aromatic heterocycles. The molecule has 116 valence electrons. The lowest BCUT2D eigenvalue weighted by molar-refractivity contribution is 0.412. The van der Waals surface area contributed by atoms with Crippen molar-refractivity contribution in [1.82, 2.24) is 15.0 Å². The van der Waals surface area contributed by atoms with E-state index >= 15 is 0 Å². The van der Waals surface area contributed by atoms with Crippen LogP contribution in [0, 0.1) is 0 Å². The van der Waals surface area contributed by atoms with Crippen LogP contribution < -0.4 is 20.9 Å². The zero-order valence-corrected chi connectivity index (χ0v) is 12.4. The molecule has 0 aliphatic rings. The Bertz CT molecular complexity index is 821. The van der Waals surface area contributed by atoms with Crippen molar-refractivity contribution in [3.8, 4) is 28.6 Å². The average molecular weight is 309 g/mol. The number of rotatable bonds is 4. The second kappa shape index (κ2) is 6.18. The van der Waals surface area contributed by atoms with Crippen molar-refractivity contribution >= 4 is 11.6 Å². The summed E-state index contributed by atoms with van der Waals surface area (Å²) in [7, 11) is 1.61. The first-order valence-corrected chi connectivity index (χ1v) is 6.82. The summed E-state index contributed by atoms with van der Waals surface area (Å²) >= 11 is 0. The highest BCUT2D eigenvalue weighted by atomic mass is 16.5. The van der Waals surface area contributed by atoms with Crippen molar-refractivity contribution in [3.63, 3.8) is 0 Å². The first kappa shape index (κ1) is 14.6. The molecule has 0 fully saturated rings. The van der Waals surface area contributed by atoms with Crippen molar-refractivity contribution in [2.45, 2.75) is 0 Å². The summed E-state index contributed by atoms with van der Waals surface area (Å²) in [5.74, 6) is 2.45. The number of nitrogens with zero attached hydrogens (tertiary/aromatic N) is 3. The Morgan fingerprint density at radius 1 is 0.913 bits per heavy atom. The average Bonchev–Trinajstić information content (AvgIpc) is 2.56. The highest BCUT2D eigenvalue weighted by Gasteiger charge is 2.08. The summed E-state index contributed by atoms with van der Waals surface area (Å²) < 4.78 is 10.8. The van der Waals surface area contributed by atoms with E-state index in [1.807, 2.05) is 0 Å². The molecule has 0 amide bonds. The van der Waals surface area contributed by atoms with Gasteiger partial charge in [-0.3, -0.25) is 0 Å². The molecule has 0 aliphatic heterocycles. The summed E-state index contributed by atoms with van der Waals surface area (Å²) in [6.07, 6.45) is 1.41. The van der Waals surface area contributed by atoms with E-state index in [-0.39, 0.29) is 0 Å². The van der Waals surface area contributed by atoms with Gasteiger partial charge in [0.25, 0.3) is 0 Å². The van der Waals surface area contributed by atoms with Gasteiger partial charge in [-0.1, -0.05) is 0 Å². The quantitative estimate of drug-likeness (QED) is 0.762. The lowest BCUT2D eigenvalue weighted by Gasteiger charge is -2.08. The number of nitrogens with two attached hydrogens (primary N) is 2. The monoisotopic (exact) mass is 309 g/mol. The van der Waals surface area contributed by atoms with Gasteiger partial charge in [0.15, 0.2) is 0 Å². The molecule has 0 saturated carbocycles. The Hall–Kier alpha value is -3.35. The smallest absolute Gasteiger partial charge is 0.222 e. The van der Waals surface area contributed by atoms with Gasteiger partial charge in [0.05, 0.1) is 12.8 Å². The Morgan fingerprint density at radius 2 is 1.65 bits per heavy atom. The third-order valence-corrected chi connectivity index (χ3v) is 3.15. The van der Waals surface area contributed by atoms with Crippen molar-refractivity contribution in [2.75, 3.05) is 18.6 Å². The fourth-order valence-corrected chi connectivity index (χ4v) is 2.01. The predicted octanol–water partition coefficient (Wildman–Crippen LogP) is 2.50. The van der Waals surface area contributed by atoms with Crippen LogP contribution in [0.5, 0.6) is 17.4 Å². The fourth-order valence-electron chi connectivity index (χ4n) is 2.01. The molecule has 7 nitrogen and oxygen atoms in total. The minimum absolute atomic E-state index is 0.305. The van der Waals surface area contributed by atoms with E-state index in [0.29, 0.717) is 34.5 Å². The van der Waals surface area contributed by atoms with E-state index < -0.39 is 0 Å². The largest absolute Gasteiger partial charge is 0.497 e. The molecule has 0 unspecified atom stereocenters. The molecule has 0 radical (unpaired) electrons. The third-order valence-electron chi connectivity index (χ3n) is 3.15. The van der Waals surface area contributed by atoms with Crippen LogP contribution in [0.25, 0.3) is 11.3 Å². The second-order valence-corrected chi connectivity index (χ2v) is 4.69. The van der Waals surface area contributed by atoms with Crippen LogP contribution in [0.2, 0.25) is 0 Å². The van der Waals surface area contributed by atoms with Gasteiger partial charge in [0.1, 0.15) is 29.5 Å². The van der Waals surface area contributed by atoms with Crippen LogP contribution >= 0.6 is 0 Å². The van der Waals surface area contributed by atoms with Crippen LogP contribution in [0.4, 0.5) is 11.6 Å². The minimum Gasteiger partial charge on any atom is -0.497 e. The standard InChI is InChI=1S/C16H15N5O2/c1-22-10-2-4-11(5-3-10)23-15-8-13(19-9-20-15)12-6-7-14(17)21-16(12)18/h2-9H,1H3,(H4,17,18,21). The number of hydrogen-bond acceptors (Lipinski definition) is 7. The molecule has 0 atom stereocenters. The van der Waals surface area contributed by atoms with Crippen molar-refractivity contribution < 1.29 is 9.47 Å². The Labute approximate surface area is 132 Å². The van der Waals surface area contributed by atoms with Crippen LogP contribution in [-0.4, -0.2) is 22.1 Å². The van der Waals surface area contributed by atoms with Gasteiger partial charge in [-0.05, 0) is 36.4 Å². The fraction of sp³-hybridized carbons (Fsp3) is 0.0625. The molecule has 7 heteroatoms. The summed E-state index contributed by atoms with van der Waals surface area (Å²) in [6, 6.07) is 12.3. The van der Waals surface area contributed by atoms with Gasteiger partial charge in [-0.25, -0.2) is 15.0 Å². The molecule has 0 saturated heterocycles. The molecular formula is C16H15N5O2. The van der Waals surface area contributed by atoms with Crippen LogP contribution in [0.3, 0.4) is 0 Å². The second-order valence-electron chi connectivity index (χ2n) is 4.69. The summed E-state index contributed by atoms with van der Waals surface area (Å²) in [5, 5.41) is 0. The number of ether oxygens (including phenoxy) is 2. The zero-order valence-electron chi connectivity index (χ0n) is 12.4. The molecule has 3 rings (SSSR count). The van der Waals surface area contributed by atoms with E-state index in [1.54, 1.807) is 49.6 Å². The van der Waals surface area contributed by atoms with Crippen molar-refractivity contribution in [1.29, 1.82) is 0 Å². The SMILES string of the molecule is COc1ccc(Oc2cc(-c3ccc(N)nc3N)ncn2)cc1. The molecule has 1 aromatic carbocycles. The number of nitrogen functional groups attached to an aromatic ring is 2. The minimum atomic E-state index is 0.305. The topological polar surface area (TPSA) is 109 Å². The number of pyridine rings is 1. The van der Waals surface area contributed by atoms with Crippen LogP contribution in [-0.2, 0) is 0 Å².